The van der Waals surface area contributed by atoms with Crippen LogP contribution in [0.2, 0.25) is 0 Å². The summed E-state index contributed by atoms with van der Waals surface area (Å²) in [7, 11) is 0. The monoisotopic (exact) mass is 454 g/mol. The Labute approximate surface area is 195 Å². The molecule has 7 heteroatoms. The number of nitrogens with one attached hydrogen (secondary N) is 2. The van der Waals surface area contributed by atoms with E-state index in [0.717, 1.165) is 43.7 Å². The summed E-state index contributed by atoms with van der Waals surface area (Å²) in [4.78, 5) is 33.6. The van der Waals surface area contributed by atoms with Crippen LogP contribution < -0.4 is 5.32 Å². The number of fused-ring (bicyclic) bond motifs is 1. The second kappa shape index (κ2) is 10.8. The molecule has 3 rings (SSSR count). The van der Waals surface area contributed by atoms with Crippen molar-refractivity contribution in [3.63, 3.8) is 0 Å². The van der Waals surface area contributed by atoms with Crippen LogP contribution in [0.25, 0.3) is 11.6 Å². The number of carbonyl (C=O) groups excluding carboxylic acids is 2. The third kappa shape index (κ3) is 5.36. The van der Waals surface area contributed by atoms with Crippen LogP contribution in [0.1, 0.15) is 66.5 Å². The molecule has 2 heterocycles. The maximum atomic E-state index is 13.8. The van der Waals surface area contributed by atoms with Crippen LogP contribution in [0.15, 0.2) is 18.2 Å². The third-order valence-electron chi connectivity index (χ3n) is 6.39. The smallest absolute Gasteiger partial charge is 0.256 e. The Hall–Kier alpha value is -2.93. The number of nitrogens with zero attached hydrogens (tertiary/aromatic N) is 2. The molecule has 1 aromatic carbocycles. The Morgan fingerprint density at radius 3 is 2.48 bits per heavy atom. The van der Waals surface area contributed by atoms with Crippen LogP contribution in [0.3, 0.4) is 0 Å². The van der Waals surface area contributed by atoms with Crippen molar-refractivity contribution in [3.8, 4) is 0 Å². The first-order valence-electron chi connectivity index (χ1n) is 11.8. The Balaban J connectivity index is 1.92. The van der Waals surface area contributed by atoms with Gasteiger partial charge in [0.05, 0.1) is 11.1 Å². The van der Waals surface area contributed by atoms with Gasteiger partial charge in [-0.2, -0.15) is 0 Å². The minimum Gasteiger partial charge on any atom is -0.358 e. The zero-order valence-electron chi connectivity index (χ0n) is 20.3. The lowest BCUT2D eigenvalue weighted by atomic mass is 10.0. The first-order chi connectivity index (χ1) is 15.8. The number of anilines is 1. The second-order valence-electron chi connectivity index (χ2n) is 8.54. The molecule has 33 heavy (non-hydrogen) atoms. The topological polar surface area (TPSA) is 68.4 Å². The highest BCUT2D eigenvalue weighted by atomic mass is 19.1. The van der Waals surface area contributed by atoms with Gasteiger partial charge in [0.25, 0.3) is 11.8 Å². The van der Waals surface area contributed by atoms with Crippen LogP contribution in [0, 0.1) is 19.7 Å². The van der Waals surface area contributed by atoms with Crippen molar-refractivity contribution in [2.75, 3.05) is 38.0 Å². The molecule has 178 valence electrons. The molecule has 1 aromatic heterocycles. The van der Waals surface area contributed by atoms with Gasteiger partial charge in [-0.1, -0.05) is 27.2 Å². The Bertz CT molecular complexity index is 1050. The molecule has 0 fully saturated rings. The quantitative estimate of drug-likeness (QED) is 0.505. The van der Waals surface area contributed by atoms with E-state index >= 15 is 0 Å². The summed E-state index contributed by atoms with van der Waals surface area (Å²) in [5.41, 5.74) is 4.42. The number of rotatable bonds is 10. The summed E-state index contributed by atoms with van der Waals surface area (Å²) in [5.74, 6) is -0.668. The van der Waals surface area contributed by atoms with Crippen LogP contribution in [0.5, 0.6) is 0 Å². The zero-order valence-corrected chi connectivity index (χ0v) is 20.3. The molecule has 1 aliphatic rings. The van der Waals surface area contributed by atoms with Gasteiger partial charge in [0.2, 0.25) is 0 Å². The van der Waals surface area contributed by atoms with E-state index in [2.05, 4.69) is 36.0 Å². The van der Waals surface area contributed by atoms with Gasteiger partial charge in [0.1, 0.15) is 5.82 Å². The van der Waals surface area contributed by atoms with E-state index in [-0.39, 0.29) is 11.8 Å². The summed E-state index contributed by atoms with van der Waals surface area (Å²) in [5, 5.41) is 2.77. The second-order valence-corrected chi connectivity index (χ2v) is 8.54. The molecule has 0 saturated heterocycles. The predicted molar refractivity (Wildman–Crippen MR) is 132 cm³/mol. The Morgan fingerprint density at radius 1 is 1.09 bits per heavy atom. The average Bonchev–Trinajstić information content (AvgIpc) is 3.25. The van der Waals surface area contributed by atoms with Crippen LogP contribution >= 0.6 is 0 Å². The summed E-state index contributed by atoms with van der Waals surface area (Å²) in [6.45, 7) is 14.3. The summed E-state index contributed by atoms with van der Waals surface area (Å²) >= 11 is 0. The molecule has 0 saturated carbocycles. The molecule has 0 atom stereocenters. The molecule has 6 nitrogen and oxygen atoms in total. The average molecular weight is 455 g/mol. The van der Waals surface area contributed by atoms with E-state index in [4.69, 9.17) is 0 Å². The molecule has 1 aliphatic heterocycles. The number of amides is 2. The Morgan fingerprint density at radius 2 is 1.82 bits per heavy atom. The molecule has 0 aliphatic carbocycles. The lowest BCUT2D eigenvalue weighted by Gasteiger charge is -2.27. The number of aromatic amines is 1. The zero-order chi connectivity index (χ0) is 24.1. The van der Waals surface area contributed by atoms with Gasteiger partial charge < -0.3 is 20.1 Å². The largest absolute Gasteiger partial charge is 0.358 e. The van der Waals surface area contributed by atoms with Gasteiger partial charge >= 0.3 is 0 Å². The molecule has 0 radical (unpaired) electrons. The summed E-state index contributed by atoms with van der Waals surface area (Å²) < 4.78 is 13.8. The number of halogens is 1. The molecular formula is C26H35FN4O2. The summed E-state index contributed by atoms with van der Waals surface area (Å²) in [6, 6.07) is 4.24. The maximum Gasteiger partial charge on any atom is 0.256 e. The van der Waals surface area contributed by atoms with E-state index in [0.29, 0.717) is 41.2 Å². The van der Waals surface area contributed by atoms with Crippen molar-refractivity contribution in [1.82, 2.24) is 14.8 Å². The summed E-state index contributed by atoms with van der Waals surface area (Å²) in [6.07, 6.45) is 3.68. The van der Waals surface area contributed by atoms with E-state index in [1.165, 1.54) is 12.1 Å². The number of unbranched alkanes of at least 4 members (excludes halogenated alkanes) is 1. The lowest BCUT2D eigenvalue weighted by molar-refractivity contribution is -0.110. The minimum absolute atomic E-state index is 0.00817. The van der Waals surface area contributed by atoms with Crippen molar-refractivity contribution in [1.29, 1.82) is 0 Å². The molecule has 0 spiro atoms. The predicted octanol–water partition coefficient (Wildman–Crippen LogP) is 4.85. The highest BCUT2D eigenvalue weighted by molar-refractivity contribution is 6.34. The maximum absolute atomic E-state index is 13.8. The van der Waals surface area contributed by atoms with E-state index < -0.39 is 5.82 Å². The number of hydrogen-bond donors (Lipinski definition) is 2. The fraction of sp³-hybridized carbons (Fsp3) is 0.462. The number of hydrogen-bond acceptors (Lipinski definition) is 3. The van der Waals surface area contributed by atoms with E-state index in [1.807, 2.05) is 18.7 Å². The fourth-order valence-corrected chi connectivity index (χ4v) is 4.31. The van der Waals surface area contributed by atoms with Crippen LogP contribution in [-0.4, -0.2) is 59.3 Å². The van der Waals surface area contributed by atoms with Crippen LogP contribution in [-0.2, 0) is 4.79 Å². The first-order valence-corrected chi connectivity index (χ1v) is 11.8. The van der Waals surface area contributed by atoms with Gasteiger partial charge in [-0.25, -0.2) is 4.39 Å². The minimum atomic E-state index is -0.397. The van der Waals surface area contributed by atoms with Crippen molar-refractivity contribution in [3.05, 3.63) is 52.1 Å². The number of benzene rings is 1. The molecule has 2 N–H and O–H groups in total. The normalized spacial score (nSPS) is 14.2. The molecule has 2 aromatic rings. The number of aromatic nitrogens is 1. The fourth-order valence-electron chi connectivity index (χ4n) is 4.31. The molecule has 0 bridgehead atoms. The first kappa shape index (κ1) is 24.7. The van der Waals surface area contributed by atoms with E-state index in [1.54, 1.807) is 12.1 Å². The van der Waals surface area contributed by atoms with Gasteiger partial charge in [-0.3, -0.25) is 9.59 Å². The molecule has 0 unspecified atom stereocenters. The third-order valence-corrected chi connectivity index (χ3v) is 6.39. The highest BCUT2D eigenvalue weighted by Gasteiger charge is 2.27. The van der Waals surface area contributed by atoms with Crippen molar-refractivity contribution in [2.24, 2.45) is 0 Å². The SMILES string of the molecule is CCCCN(CCN(CC)CC)C(=O)c1c(C)[nH]c(/C=C2\C(=O)Nc3ccc(F)cc32)c1C. The number of likely N-dealkylation sites (N-methyl/N-ethyl adjacent to an activating group) is 1. The molecule has 2 amide bonds. The lowest BCUT2D eigenvalue weighted by Crippen LogP contribution is -2.39. The van der Waals surface area contributed by atoms with Gasteiger partial charge in [0.15, 0.2) is 0 Å². The van der Waals surface area contributed by atoms with Crippen LogP contribution in [0.4, 0.5) is 10.1 Å². The van der Waals surface area contributed by atoms with Crippen molar-refractivity contribution in [2.45, 2.75) is 47.5 Å². The van der Waals surface area contributed by atoms with Gasteiger partial charge in [0, 0.05) is 42.3 Å². The molecular weight excluding hydrogens is 419 g/mol. The van der Waals surface area contributed by atoms with Gasteiger partial charge in [-0.15, -0.1) is 0 Å². The Kier molecular flexibility index (Phi) is 8.08. The number of aryl methyl sites for hydroxylation is 1. The standard InChI is InChI=1S/C26H35FN4O2/c1-6-9-12-31(14-13-30(7-2)8-3)26(33)24-17(4)23(28-18(24)5)16-21-20-15-19(27)10-11-22(20)29-25(21)32/h10-11,15-16,28H,6-9,12-14H2,1-5H3,(H,29,32)/b21-16-. The van der Waals surface area contributed by atoms with Crippen molar-refractivity contribution < 1.29 is 14.0 Å². The number of H-pyrrole nitrogens is 1. The highest BCUT2D eigenvalue weighted by Crippen LogP contribution is 2.34. The van der Waals surface area contributed by atoms with Gasteiger partial charge in [-0.05, 0) is 63.2 Å². The van der Waals surface area contributed by atoms with Crippen molar-refractivity contribution >= 4 is 29.2 Å². The van der Waals surface area contributed by atoms with E-state index in [9.17, 15) is 14.0 Å². The number of carbonyl (C=O) groups is 2.